The van der Waals surface area contributed by atoms with Crippen molar-refractivity contribution < 1.29 is 9.94 Å². The average Bonchev–Trinajstić information content (AvgIpc) is 3.64. The number of nitrogen functional groups attached to an aromatic ring is 1. The largest absolute Gasteiger partial charge is 0.508 e. The molecule has 7 nitrogen and oxygen atoms in total. The van der Waals surface area contributed by atoms with Gasteiger partial charge in [0.25, 0.3) is 0 Å². The number of phenols is 1. The Kier molecular flexibility index (Phi) is 14.6. The molecule has 296 valence electrons. The highest BCUT2D eigenvalue weighted by Crippen LogP contribution is 2.64. The predicted octanol–water partition coefficient (Wildman–Crippen LogP) is 9.93. The SMILES string of the molecule is C.CC(C)CCON=O.CC1(c2cccc(N)c2)C2CN(CCCc3ccccc3)CC21.CC1(c2cccc(O)c2)C2CN(CCCc3ccccc3)CC21. The van der Waals surface area contributed by atoms with Gasteiger partial charge in [0.05, 0.1) is 0 Å². The van der Waals surface area contributed by atoms with Gasteiger partial charge >= 0.3 is 0 Å². The number of fused-ring (bicyclic) bond motifs is 2. The molecule has 4 aromatic carbocycles. The van der Waals surface area contributed by atoms with Crippen LogP contribution in [-0.4, -0.2) is 60.8 Å². The monoisotopic (exact) mass is 747 g/mol. The van der Waals surface area contributed by atoms with Crippen LogP contribution in [0.2, 0.25) is 0 Å². The summed E-state index contributed by atoms with van der Waals surface area (Å²) < 4.78 is 0. The third kappa shape index (κ3) is 10.4. The Morgan fingerprint density at radius 3 is 1.58 bits per heavy atom. The van der Waals surface area contributed by atoms with Crippen LogP contribution in [0.25, 0.3) is 0 Å². The van der Waals surface area contributed by atoms with E-state index in [1.807, 2.05) is 18.2 Å². The molecule has 2 aliphatic heterocycles. The molecule has 2 aliphatic carbocycles. The zero-order chi connectivity index (χ0) is 38.1. The Bertz CT molecular complexity index is 1620. The number of likely N-dealkylation sites (tertiary alicyclic amines) is 2. The number of aromatic hydroxyl groups is 1. The number of nitrogens with two attached hydrogens (primary N) is 1. The minimum Gasteiger partial charge on any atom is -0.508 e. The molecule has 8 rings (SSSR count). The van der Waals surface area contributed by atoms with Crippen LogP contribution >= 0.6 is 0 Å². The lowest BCUT2D eigenvalue weighted by Crippen LogP contribution is -2.30. The summed E-state index contributed by atoms with van der Waals surface area (Å²) in [5.74, 6) is 4.15. The molecular weight excluding hydrogens is 681 g/mol. The molecule has 0 bridgehead atoms. The minimum absolute atomic E-state index is 0. The number of anilines is 1. The fourth-order valence-corrected chi connectivity index (χ4v) is 9.49. The Hall–Kier alpha value is -4.20. The zero-order valence-corrected chi connectivity index (χ0v) is 32.9. The van der Waals surface area contributed by atoms with E-state index in [9.17, 15) is 10.0 Å². The second-order valence-electron chi connectivity index (χ2n) is 17.0. The van der Waals surface area contributed by atoms with Gasteiger partial charge in [0.15, 0.2) is 5.34 Å². The van der Waals surface area contributed by atoms with Gasteiger partial charge in [-0.15, -0.1) is 4.91 Å². The summed E-state index contributed by atoms with van der Waals surface area (Å²) in [6, 6.07) is 38.0. The van der Waals surface area contributed by atoms with Crippen LogP contribution in [0.4, 0.5) is 5.69 Å². The molecule has 0 amide bonds. The van der Waals surface area contributed by atoms with Crippen LogP contribution in [0.5, 0.6) is 5.75 Å². The van der Waals surface area contributed by atoms with Crippen molar-refractivity contribution in [2.24, 2.45) is 34.9 Å². The van der Waals surface area contributed by atoms with E-state index in [0.717, 1.165) is 35.8 Å². The normalized spacial score (nSPS) is 26.0. The standard InChI is InChI=1S/C21H26N2.C21H25NO.C5H11NO2.CH4/c1-21(17-10-5-11-18(22)13-17)19-14-23(15-20(19)21)12-6-9-16-7-3-2-4-8-16;1-21(17-10-5-11-18(23)13-17)19-14-22(15-20(19)21)12-6-9-16-7-3-2-4-8-16;1-5(2)3-4-8-6-7;/h2-5,7-8,10-11,13,19-20H,6,9,12,14-15,22H2,1H3;2-5,7-8,10-11,13,19-20,23H,6,9,12,14-15H2,1H3;5H,3-4H2,1-2H3;1H4. The number of rotatable bonds is 14. The number of phenolic OH excluding ortho intramolecular Hbond substituents is 1. The van der Waals surface area contributed by atoms with Crippen LogP contribution in [-0.2, 0) is 28.5 Å². The number of piperidine rings is 2. The first-order chi connectivity index (χ1) is 26.1. The highest BCUT2D eigenvalue weighted by molar-refractivity contribution is 5.47. The molecule has 0 radical (unpaired) electrons. The lowest BCUT2D eigenvalue weighted by molar-refractivity contribution is 0.128. The molecule has 4 aromatic rings. The molecule has 7 heteroatoms. The van der Waals surface area contributed by atoms with Crippen molar-refractivity contribution in [2.75, 3.05) is 51.6 Å². The fourth-order valence-electron chi connectivity index (χ4n) is 9.49. The Labute approximate surface area is 331 Å². The topological polar surface area (TPSA) is 91.4 Å². The lowest BCUT2D eigenvalue weighted by atomic mass is 9.92. The molecule has 4 unspecified atom stereocenters. The quantitative estimate of drug-likeness (QED) is 0.0578. The number of nitrogens with zero attached hydrogens (tertiary/aromatic N) is 3. The Balaban J connectivity index is 0.000000174. The Morgan fingerprint density at radius 1 is 0.709 bits per heavy atom. The van der Waals surface area contributed by atoms with Crippen molar-refractivity contribution in [3.63, 3.8) is 0 Å². The maximum atomic E-state index is 9.73. The number of benzene rings is 4. The summed E-state index contributed by atoms with van der Waals surface area (Å²) >= 11 is 0. The second kappa shape index (κ2) is 19.1. The molecule has 2 saturated heterocycles. The predicted molar refractivity (Wildman–Crippen MR) is 228 cm³/mol. The summed E-state index contributed by atoms with van der Waals surface area (Å²) in [5, 5.41) is 12.0. The van der Waals surface area contributed by atoms with E-state index in [2.05, 4.69) is 133 Å². The first-order valence-corrected chi connectivity index (χ1v) is 20.3. The molecule has 0 aromatic heterocycles. The Morgan fingerprint density at radius 2 is 1.16 bits per heavy atom. The summed E-state index contributed by atoms with van der Waals surface area (Å²) in [7, 11) is 0. The van der Waals surface area contributed by atoms with Gasteiger partial charge in [0.1, 0.15) is 12.4 Å². The molecule has 0 spiro atoms. The van der Waals surface area contributed by atoms with Gasteiger partial charge in [-0.05, 0) is 121 Å². The van der Waals surface area contributed by atoms with Crippen LogP contribution in [0, 0.1) is 34.5 Å². The van der Waals surface area contributed by atoms with Crippen molar-refractivity contribution in [3.8, 4) is 5.75 Å². The third-order valence-electron chi connectivity index (χ3n) is 13.0. The fraction of sp³-hybridized carbons (Fsp3) is 0.500. The van der Waals surface area contributed by atoms with E-state index < -0.39 is 0 Å². The van der Waals surface area contributed by atoms with E-state index in [-0.39, 0.29) is 12.8 Å². The first-order valence-electron chi connectivity index (χ1n) is 20.3. The molecule has 4 aliphatic rings. The molecular formula is C48H66N4O3. The molecule has 55 heavy (non-hydrogen) atoms. The van der Waals surface area contributed by atoms with E-state index in [1.165, 1.54) is 87.2 Å². The molecule has 4 atom stereocenters. The van der Waals surface area contributed by atoms with Crippen molar-refractivity contribution in [2.45, 2.75) is 78.1 Å². The van der Waals surface area contributed by atoms with E-state index >= 15 is 0 Å². The zero-order valence-electron chi connectivity index (χ0n) is 32.9. The summed E-state index contributed by atoms with van der Waals surface area (Å²) in [6.45, 7) is 16.7. The maximum Gasteiger partial charge on any atom is 0.155 e. The summed E-state index contributed by atoms with van der Waals surface area (Å²) in [4.78, 5) is 18.8. The smallest absolute Gasteiger partial charge is 0.155 e. The van der Waals surface area contributed by atoms with Crippen molar-refractivity contribution >= 4 is 5.69 Å². The van der Waals surface area contributed by atoms with Crippen LogP contribution in [0.3, 0.4) is 0 Å². The van der Waals surface area contributed by atoms with Crippen LogP contribution < -0.4 is 5.73 Å². The molecule has 4 fully saturated rings. The van der Waals surface area contributed by atoms with Gasteiger partial charge in [-0.25, -0.2) is 0 Å². The van der Waals surface area contributed by atoms with Gasteiger partial charge in [-0.3, -0.25) is 0 Å². The van der Waals surface area contributed by atoms with Crippen molar-refractivity contribution in [1.82, 2.24) is 9.80 Å². The van der Waals surface area contributed by atoms with Gasteiger partial charge in [0, 0.05) is 42.7 Å². The van der Waals surface area contributed by atoms with Crippen LogP contribution in [0.1, 0.15) is 76.6 Å². The van der Waals surface area contributed by atoms with Gasteiger partial charge in [0.2, 0.25) is 0 Å². The summed E-state index contributed by atoms with van der Waals surface area (Å²) in [5.41, 5.74) is 13.2. The summed E-state index contributed by atoms with van der Waals surface area (Å²) in [6.07, 6.45) is 5.77. The number of aryl methyl sites for hydroxylation is 2. The second-order valence-corrected chi connectivity index (χ2v) is 17.0. The van der Waals surface area contributed by atoms with Crippen molar-refractivity contribution in [3.05, 3.63) is 136 Å². The highest BCUT2D eigenvalue weighted by atomic mass is 16.7. The number of hydrogen-bond acceptors (Lipinski definition) is 7. The lowest BCUT2D eigenvalue weighted by Gasteiger charge is -2.24. The number of hydrogen-bond donors (Lipinski definition) is 2. The highest BCUT2D eigenvalue weighted by Gasteiger charge is 2.66. The molecule has 3 N–H and O–H groups in total. The maximum absolute atomic E-state index is 9.73. The van der Waals surface area contributed by atoms with Crippen molar-refractivity contribution in [1.29, 1.82) is 0 Å². The average molecular weight is 747 g/mol. The van der Waals surface area contributed by atoms with Gasteiger partial charge in [-0.1, -0.05) is 120 Å². The first kappa shape index (κ1) is 42.0. The molecule has 2 saturated carbocycles. The molecule has 2 heterocycles. The van der Waals surface area contributed by atoms with E-state index in [0.29, 0.717) is 23.7 Å². The van der Waals surface area contributed by atoms with Crippen LogP contribution in [0.15, 0.2) is 115 Å². The van der Waals surface area contributed by atoms with Gasteiger partial charge < -0.3 is 25.5 Å². The van der Waals surface area contributed by atoms with E-state index in [4.69, 9.17) is 5.73 Å². The van der Waals surface area contributed by atoms with Gasteiger partial charge in [-0.2, -0.15) is 0 Å². The minimum atomic E-state index is 0. The van der Waals surface area contributed by atoms with E-state index in [1.54, 1.807) is 6.07 Å². The third-order valence-corrected chi connectivity index (χ3v) is 13.0.